The van der Waals surface area contributed by atoms with Crippen LogP contribution in [-0.2, 0) is 24.1 Å². The van der Waals surface area contributed by atoms with Gasteiger partial charge in [-0.25, -0.2) is 9.97 Å². The standard InChI is InChI=1S/C30H25N3O3/c1-18-10-20-4-2-3-5-22(20)23(18)14-30(34)33-9-8-21-11-19(6-7-27(21)33)12-25-24-13-28-29(36-17-35-28)15-26(24)32-16-31-25/h2-7,11,13,15-16H,8-10,12,14,17H2,1H3. The highest BCUT2D eigenvalue weighted by Gasteiger charge is 2.28. The Morgan fingerprint density at radius 1 is 1.00 bits per heavy atom. The Morgan fingerprint density at radius 3 is 2.78 bits per heavy atom. The summed E-state index contributed by atoms with van der Waals surface area (Å²) in [6.45, 7) is 3.11. The highest BCUT2D eigenvalue weighted by molar-refractivity contribution is 6.02. The maximum Gasteiger partial charge on any atom is 0.231 e. The largest absolute Gasteiger partial charge is 0.454 e. The number of hydrogen-bond donors (Lipinski definition) is 0. The van der Waals surface area contributed by atoms with Gasteiger partial charge in [0.25, 0.3) is 0 Å². The average Bonchev–Trinajstić information content (AvgIpc) is 3.60. The number of fused-ring (bicyclic) bond motifs is 4. The third-order valence-corrected chi connectivity index (χ3v) is 7.57. The van der Waals surface area contributed by atoms with Gasteiger partial charge in [0.1, 0.15) is 6.33 Å². The van der Waals surface area contributed by atoms with E-state index >= 15 is 0 Å². The van der Waals surface area contributed by atoms with Crippen LogP contribution >= 0.6 is 0 Å². The lowest BCUT2D eigenvalue weighted by Gasteiger charge is -2.19. The van der Waals surface area contributed by atoms with E-state index in [9.17, 15) is 4.79 Å². The molecule has 178 valence electrons. The first-order chi connectivity index (χ1) is 17.6. The number of carbonyl (C=O) groups excluding carboxylic acids is 1. The van der Waals surface area contributed by atoms with Gasteiger partial charge in [0.05, 0.1) is 17.6 Å². The van der Waals surface area contributed by atoms with Gasteiger partial charge in [-0.3, -0.25) is 4.79 Å². The van der Waals surface area contributed by atoms with Crippen molar-refractivity contribution in [3.63, 3.8) is 0 Å². The number of allylic oxidation sites excluding steroid dienone is 1. The topological polar surface area (TPSA) is 64.6 Å². The second-order valence-electron chi connectivity index (χ2n) is 9.75. The maximum absolute atomic E-state index is 13.4. The van der Waals surface area contributed by atoms with Gasteiger partial charge in [0, 0.05) is 30.1 Å². The molecule has 0 radical (unpaired) electrons. The normalized spacial score (nSPS) is 15.5. The zero-order valence-electron chi connectivity index (χ0n) is 20.1. The molecule has 2 aliphatic heterocycles. The fourth-order valence-corrected chi connectivity index (χ4v) is 5.74. The Kier molecular flexibility index (Phi) is 4.81. The molecule has 0 fully saturated rings. The second kappa shape index (κ2) is 8.19. The molecule has 0 bridgehead atoms. The highest BCUT2D eigenvalue weighted by atomic mass is 16.7. The van der Waals surface area contributed by atoms with Gasteiger partial charge >= 0.3 is 0 Å². The Bertz CT molecular complexity index is 1590. The molecule has 0 saturated heterocycles. The minimum absolute atomic E-state index is 0.172. The van der Waals surface area contributed by atoms with Crippen LogP contribution in [0.15, 0.2) is 66.5 Å². The Labute approximate surface area is 209 Å². The minimum Gasteiger partial charge on any atom is -0.454 e. The zero-order chi connectivity index (χ0) is 24.2. The molecule has 3 aromatic carbocycles. The van der Waals surface area contributed by atoms with Crippen molar-refractivity contribution in [3.8, 4) is 11.5 Å². The van der Waals surface area contributed by atoms with E-state index in [0.29, 0.717) is 12.8 Å². The molecule has 1 aromatic heterocycles. The van der Waals surface area contributed by atoms with Crippen molar-refractivity contribution < 1.29 is 14.3 Å². The average molecular weight is 476 g/mol. The van der Waals surface area contributed by atoms with E-state index in [4.69, 9.17) is 9.47 Å². The van der Waals surface area contributed by atoms with Crippen LogP contribution < -0.4 is 14.4 Å². The van der Waals surface area contributed by atoms with Crippen molar-refractivity contribution in [3.05, 3.63) is 94.4 Å². The number of aromatic nitrogens is 2. The quantitative estimate of drug-likeness (QED) is 0.403. The van der Waals surface area contributed by atoms with Gasteiger partial charge in [0.2, 0.25) is 12.7 Å². The Morgan fingerprint density at radius 2 is 1.86 bits per heavy atom. The van der Waals surface area contributed by atoms with Crippen LogP contribution in [0.25, 0.3) is 16.5 Å². The molecule has 4 aromatic rings. The van der Waals surface area contributed by atoms with E-state index in [0.717, 1.165) is 53.2 Å². The van der Waals surface area contributed by atoms with Crippen molar-refractivity contribution >= 4 is 28.1 Å². The first-order valence-corrected chi connectivity index (χ1v) is 12.4. The number of hydrogen-bond acceptors (Lipinski definition) is 5. The van der Waals surface area contributed by atoms with Crippen molar-refractivity contribution in [2.24, 2.45) is 0 Å². The molecule has 3 heterocycles. The summed E-state index contributed by atoms with van der Waals surface area (Å²) in [5.74, 6) is 1.63. The van der Waals surface area contributed by atoms with Crippen molar-refractivity contribution in [2.45, 2.75) is 32.6 Å². The lowest BCUT2D eigenvalue weighted by Crippen LogP contribution is -2.28. The van der Waals surface area contributed by atoms with E-state index in [1.807, 2.05) is 17.0 Å². The first-order valence-electron chi connectivity index (χ1n) is 12.4. The molecule has 0 saturated carbocycles. The predicted molar refractivity (Wildman–Crippen MR) is 138 cm³/mol. The second-order valence-corrected chi connectivity index (χ2v) is 9.75. The number of anilines is 1. The molecule has 0 unspecified atom stereocenters. The van der Waals surface area contributed by atoms with Gasteiger partial charge in [-0.05, 0) is 59.7 Å². The van der Waals surface area contributed by atoms with E-state index in [1.165, 1.54) is 33.4 Å². The minimum atomic E-state index is 0.172. The highest BCUT2D eigenvalue weighted by Crippen LogP contribution is 2.38. The van der Waals surface area contributed by atoms with Crippen LogP contribution in [0.3, 0.4) is 0 Å². The van der Waals surface area contributed by atoms with Crippen molar-refractivity contribution in [1.29, 1.82) is 0 Å². The fourth-order valence-electron chi connectivity index (χ4n) is 5.74. The summed E-state index contributed by atoms with van der Waals surface area (Å²) in [5, 5.41) is 0.972. The Balaban J connectivity index is 1.13. The van der Waals surface area contributed by atoms with Crippen LogP contribution in [0.5, 0.6) is 11.5 Å². The third-order valence-electron chi connectivity index (χ3n) is 7.57. The van der Waals surface area contributed by atoms with Crippen LogP contribution in [-0.4, -0.2) is 29.2 Å². The molecule has 1 amide bonds. The predicted octanol–water partition coefficient (Wildman–Crippen LogP) is 5.26. The maximum atomic E-state index is 13.4. The molecular formula is C30H25N3O3. The van der Waals surface area contributed by atoms with Gasteiger partial charge < -0.3 is 14.4 Å². The van der Waals surface area contributed by atoms with E-state index in [-0.39, 0.29) is 12.7 Å². The summed E-state index contributed by atoms with van der Waals surface area (Å²) in [4.78, 5) is 24.3. The number of rotatable bonds is 4. The summed E-state index contributed by atoms with van der Waals surface area (Å²) in [6.07, 6.45) is 4.55. The van der Waals surface area contributed by atoms with E-state index in [2.05, 4.69) is 59.4 Å². The number of ether oxygens (including phenoxy) is 2. The SMILES string of the molecule is CC1=C(CC(=O)N2CCc3cc(Cc4ncnc5cc6c(cc45)OCO6)ccc32)c2ccccc2C1. The van der Waals surface area contributed by atoms with E-state index < -0.39 is 0 Å². The summed E-state index contributed by atoms with van der Waals surface area (Å²) >= 11 is 0. The van der Waals surface area contributed by atoms with Gasteiger partial charge in [0.15, 0.2) is 11.5 Å². The lowest BCUT2D eigenvalue weighted by atomic mass is 10.0. The molecule has 36 heavy (non-hydrogen) atoms. The summed E-state index contributed by atoms with van der Waals surface area (Å²) in [5.41, 5.74) is 10.3. The number of nitrogens with zero attached hydrogens (tertiary/aromatic N) is 3. The zero-order valence-corrected chi connectivity index (χ0v) is 20.1. The van der Waals surface area contributed by atoms with Gasteiger partial charge in [-0.1, -0.05) is 42.0 Å². The third kappa shape index (κ3) is 3.44. The lowest BCUT2D eigenvalue weighted by molar-refractivity contribution is -0.117. The van der Waals surface area contributed by atoms with Crippen molar-refractivity contribution in [1.82, 2.24) is 9.97 Å². The van der Waals surface area contributed by atoms with Crippen molar-refractivity contribution in [2.75, 3.05) is 18.2 Å². The fraction of sp³-hybridized carbons (Fsp3) is 0.233. The van der Waals surface area contributed by atoms with Crippen LogP contribution in [0.2, 0.25) is 0 Å². The number of amides is 1. The molecular weight excluding hydrogens is 450 g/mol. The summed E-state index contributed by atoms with van der Waals surface area (Å²) in [7, 11) is 0. The smallest absolute Gasteiger partial charge is 0.231 e. The molecule has 3 aliphatic rings. The van der Waals surface area contributed by atoms with Crippen LogP contribution in [0.4, 0.5) is 5.69 Å². The Hall–Kier alpha value is -4.19. The number of carbonyl (C=O) groups is 1. The number of benzene rings is 3. The molecule has 6 heteroatoms. The first kappa shape index (κ1) is 21.1. The molecule has 0 atom stereocenters. The molecule has 0 spiro atoms. The summed E-state index contributed by atoms with van der Waals surface area (Å²) < 4.78 is 11.1. The molecule has 1 aliphatic carbocycles. The molecule has 6 nitrogen and oxygen atoms in total. The van der Waals surface area contributed by atoms with Gasteiger partial charge in [-0.2, -0.15) is 0 Å². The monoisotopic (exact) mass is 475 g/mol. The van der Waals surface area contributed by atoms with Crippen LogP contribution in [0.1, 0.15) is 41.3 Å². The molecule has 7 rings (SSSR count). The van der Waals surface area contributed by atoms with Crippen LogP contribution in [0, 0.1) is 0 Å². The summed E-state index contributed by atoms with van der Waals surface area (Å²) in [6, 6.07) is 18.7. The molecule has 0 N–H and O–H groups in total. The van der Waals surface area contributed by atoms with Gasteiger partial charge in [-0.15, -0.1) is 0 Å². The van der Waals surface area contributed by atoms with E-state index in [1.54, 1.807) is 6.33 Å².